The van der Waals surface area contributed by atoms with E-state index in [0.717, 1.165) is 0 Å². The number of rotatable bonds is 10. The van der Waals surface area contributed by atoms with E-state index >= 15 is 0 Å². The molecule has 0 fully saturated rings. The average Bonchev–Trinajstić information content (AvgIpc) is 2.68. The van der Waals surface area contributed by atoms with Crippen LogP contribution in [0, 0.1) is 5.92 Å². The molecule has 1 aromatic rings. The van der Waals surface area contributed by atoms with Crippen molar-refractivity contribution in [2.45, 2.75) is 72.1 Å². The molecule has 3 N–H and O–H groups in total. The molecule has 5 atom stereocenters. The third kappa shape index (κ3) is 7.84. The third-order valence-corrected chi connectivity index (χ3v) is 4.99. The number of carboxylic acid groups (broad SMARTS) is 1. The number of carboxylic acids is 1. The molecule has 0 aliphatic carbocycles. The molecule has 0 aliphatic heterocycles. The van der Waals surface area contributed by atoms with Gasteiger partial charge in [-0.15, -0.1) is 0 Å². The van der Waals surface area contributed by atoms with E-state index < -0.39 is 48.0 Å². The zero-order valence-corrected chi connectivity index (χ0v) is 19.1. The van der Waals surface area contributed by atoms with Crippen LogP contribution >= 0.6 is 0 Å². The van der Waals surface area contributed by atoms with Crippen LogP contribution in [-0.4, -0.2) is 47.4 Å². The largest absolute Gasteiger partial charge is 0.508 e. The maximum Gasteiger partial charge on any atom is 0.508 e. The summed E-state index contributed by atoms with van der Waals surface area (Å²) < 4.78 is 20.6. The SMILES string of the molecule is CCC(C)OC(=O)OC(C)C(C)C(c1ccc(OC(C)=O)c(OC(C)=O)c1)[C@H](N)C(=O)O. The van der Waals surface area contributed by atoms with Crippen LogP contribution < -0.4 is 15.2 Å². The van der Waals surface area contributed by atoms with Crippen LogP contribution in [0.2, 0.25) is 0 Å². The molecule has 0 aromatic heterocycles. The van der Waals surface area contributed by atoms with Crippen LogP contribution in [0.15, 0.2) is 18.2 Å². The number of hydrogen-bond donors (Lipinski definition) is 2. The molecule has 32 heavy (non-hydrogen) atoms. The standard InChI is InChI=1S/C22H31NO9/c1-7-11(2)29-22(28)30-13(4)12(3)19(20(23)21(26)27)16-8-9-17(31-14(5)24)18(10-16)32-15(6)25/h8-13,19-20H,7,23H2,1-6H3,(H,26,27)/t11?,12?,13?,19?,20-/m0/s1. The molecule has 0 aliphatic rings. The third-order valence-electron chi connectivity index (χ3n) is 4.99. The van der Waals surface area contributed by atoms with Crippen molar-refractivity contribution < 1.29 is 43.2 Å². The summed E-state index contributed by atoms with van der Waals surface area (Å²) in [6, 6.07) is 2.91. The summed E-state index contributed by atoms with van der Waals surface area (Å²) in [6.45, 7) is 9.22. The van der Waals surface area contributed by atoms with Crippen molar-refractivity contribution in [2.75, 3.05) is 0 Å². The van der Waals surface area contributed by atoms with E-state index in [9.17, 15) is 24.3 Å². The van der Waals surface area contributed by atoms with Gasteiger partial charge in [0.15, 0.2) is 11.5 Å². The number of aliphatic carboxylic acids is 1. The molecule has 0 bridgehead atoms. The Kier molecular flexibility index (Phi) is 10.1. The van der Waals surface area contributed by atoms with Gasteiger partial charge in [0.2, 0.25) is 0 Å². The summed E-state index contributed by atoms with van der Waals surface area (Å²) in [6.07, 6.45) is -1.35. The number of carbonyl (C=O) groups excluding carboxylic acids is 3. The van der Waals surface area contributed by atoms with Gasteiger partial charge >= 0.3 is 24.1 Å². The molecule has 0 amide bonds. The normalized spacial score (nSPS) is 15.5. The van der Waals surface area contributed by atoms with Gasteiger partial charge in [-0.3, -0.25) is 14.4 Å². The van der Waals surface area contributed by atoms with Crippen molar-refractivity contribution in [3.63, 3.8) is 0 Å². The highest BCUT2D eigenvalue weighted by atomic mass is 16.7. The predicted molar refractivity (Wildman–Crippen MR) is 113 cm³/mol. The molecule has 178 valence electrons. The second-order valence-corrected chi connectivity index (χ2v) is 7.55. The van der Waals surface area contributed by atoms with Crippen LogP contribution in [0.1, 0.15) is 59.4 Å². The number of nitrogens with two attached hydrogens (primary N) is 1. The Balaban J connectivity index is 3.30. The second kappa shape index (κ2) is 12.0. The zero-order chi connectivity index (χ0) is 24.6. The van der Waals surface area contributed by atoms with Gasteiger partial charge in [0, 0.05) is 25.7 Å². The molecule has 0 spiro atoms. The van der Waals surface area contributed by atoms with Crippen molar-refractivity contribution >= 4 is 24.1 Å². The quantitative estimate of drug-likeness (QED) is 0.399. The Bertz CT molecular complexity index is 839. The van der Waals surface area contributed by atoms with E-state index in [1.807, 2.05) is 6.92 Å². The lowest BCUT2D eigenvalue weighted by atomic mass is 9.79. The second-order valence-electron chi connectivity index (χ2n) is 7.55. The number of carbonyl (C=O) groups is 4. The fraction of sp³-hybridized carbons (Fsp3) is 0.545. The van der Waals surface area contributed by atoms with Gasteiger partial charge in [-0.1, -0.05) is 19.9 Å². The zero-order valence-electron chi connectivity index (χ0n) is 19.1. The van der Waals surface area contributed by atoms with Crippen LogP contribution in [0.3, 0.4) is 0 Å². The lowest BCUT2D eigenvalue weighted by Gasteiger charge is -2.31. The van der Waals surface area contributed by atoms with E-state index in [1.54, 1.807) is 20.8 Å². The Morgan fingerprint density at radius 3 is 2.03 bits per heavy atom. The summed E-state index contributed by atoms with van der Waals surface area (Å²) in [5.41, 5.74) is 6.36. The van der Waals surface area contributed by atoms with Crippen LogP contribution in [0.5, 0.6) is 11.5 Å². The van der Waals surface area contributed by atoms with E-state index in [1.165, 1.54) is 32.0 Å². The monoisotopic (exact) mass is 453 g/mol. The highest BCUT2D eigenvalue weighted by Gasteiger charge is 2.36. The first-order valence-corrected chi connectivity index (χ1v) is 10.2. The minimum Gasteiger partial charge on any atom is -0.480 e. The van der Waals surface area contributed by atoms with Gasteiger partial charge < -0.3 is 29.8 Å². The molecule has 10 heteroatoms. The fourth-order valence-electron chi connectivity index (χ4n) is 3.02. The minimum atomic E-state index is -1.37. The predicted octanol–water partition coefficient (Wildman–Crippen LogP) is 3.01. The summed E-state index contributed by atoms with van der Waals surface area (Å²) in [4.78, 5) is 46.6. The molecular formula is C22H31NO9. The molecule has 0 saturated heterocycles. The van der Waals surface area contributed by atoms with Gasteiger partial charge in [0.25, 0.3) is 0 Å². The van der Waals surface area contributed by atoms with Gasteiger partial charge in [0.1, 0.15) is 18.2 Å². The maximum atomic E-state index is 12.0. The number of hydrogen-bond acceptors (Lipinski definition) is 9. The fourth-order valence-corrected chi connectivity index (χ4v) is 3.02. The van der Waals surface area contributed by atoms with E-state index in [4.69, 9.17) is 24.7 Å². The summed E-state index contributed by atoms with van der Waals surface area (Å²) in [7, 11) is 0. The molecule has 0 heterocycles. The Morgan fingerprint density at radius 2 is 1.53 bits per heavy atom. The van der Waals surface area contributed by atoms with Crippen LogP contribution in [0.25, 0.3) is 0 Å². The summed E-state index contributed by atoms with van der Waals surface area (Å²) >= 11 is 0. The number of benzene rings is 1. The molecule has 1 rings (SSSR count). The number of ether oxygens (including phenoxy) is 4. The van der Waals surface area contributed by atoms with Crippen molar-refractivity contribution in [3.8, 4) is 11.5 Å². The Morgan fingerprint density at radius 1 is 0.969 bits per heavy atom. The summed E-state index contributed by atoms with van der Waals surface area (Å²) in [5, 5.41) is 9.55. The summed E-state index contributed by atoms with van der Waals surface area (Å²) in [5.74, 6) is -4.05. The lowest BCUT2D eigenvalue weighted by Crippen LogP contribution is -2.42. The molecular weight excluding hydrogens is 422 g/mol. The van der Waals surface area contributed by atoms with E-state index in [2.05, 4.69) is 0 Å². The van der Waals surface area contributed by atoms with Crippen molar-refractivity contribution in [3.05, 3.63) is 23.8 Å². The maximum absolute atomic E-state index is 12.0. The number of esters is 2. The molecule has 0 saturated carbocycles. The first-order chi connectivity index (χ1) is 14.9. The van der Waals surface area contributed by atoms with Crippen molar-refractivity contribution in [2.24, 2.45) is 11.7 Å². The van der Waals surface area contributed by atoms with Crippen LogP contribution in [-0.2, 0) is 23.9 Å². The highest BCUT2D eigenvalue weighted by molar-refractivity contribution is 5.76. The van der Waals surface area contributed by atoms with Crippen LogP contribution in [0.4, 0.5) is 4.79 Å². The molecule has 4 unspecified atom stereocenters. The highest BCUT2D eigenvalue weighted by Crippen LogP contribution is 2.37. The van der Waals surface area contributed by atoms with E-state index in [-0.39, 0.29) is 17.6 Å². The first-order valence-electron chi connectivity index (χ1n) is 10.2. The van der Waals surface area contributed by atoms with E-state index in [0.29, 0.717) is 12.0 Å². The minimum absolute atomic E-state index is 0.00632. The average molecular weight is 453 g/mol. The van der Waals surface area contributed by atoms with Gasteiger partial charge in [0.05, 0.1) is 0 Å². The Hall–Kier alpha value is -3.14. The van der Waals surface area contributed by atoms with Gasteiger partial charge in [-0.2, -0.15) is 0 Å². The lowest BCUT2D eigenvalue weighted by molar-refractivity contribution is -0.139. The van der Waals surface area contributed by atoms with Gasteiger partial charge in [-0.25, -0.2) is 4.79 Å². The smallest absolute Gasteiger partial charge is 0.480 e. The van der Waals surface area contributed by atoms with Gasteiger partial charge in [-0.05, 0) is 38.0 Å². The van der Waals surface area contributed by atoms with Crippen molar-refractivity contribution in [1.82, 2.24) is 0 Å². The topological polar surface area (TPSA) is 151 Å². The van der Waals surface area contributed by atoms with Crippen molar-refractivity contribution in [1.29, 1.82) is 0 Å². The molecule has 10 nitrogen and oxygen atoms in total. The first kappa shape index (κ1) is 26.9. The Labute approximate surface area is 187 Å². The molecule has 1 aromatic carbocycles. The molecule has 0 radical (unpaired) electrons.